The summed E-state index contributed by atoms with van der Waals surface area (Å²) in [6.07, 6.45) is 0.949. The molecule has 1 aromatic carbocycles. The Bertz CT molecular complexity index is 487. The quantitative estimate of drug-likeness (QED) is 0.835. The number of rotatable bonds is 6. The van der Waals surface area contributed by atoms with Gasteiger partial charge < -0.3 is 19.9 Å². The zero-order chi connectivity index (χ0) is 14.5. The van der Waals surface area contributed by atoms with Crippen LogP contribution in [0.15, 0.2) is 12.1 Å². The van der Waals surface area contributed by atoms with Crippen molar-refractivity contribution in [1.29, 1.82) is 0 Å². The van der Waals surface area contributed by atoms with E-state index in [-0.39, 0.29) is 12.5 Å². The van der Waals surface area contributed by atoms with E-state index in [4.69, 9.17) is 14.6 Å². The van der Waals surface area contributed by atoms with Crippen molar-refractivity contribution in [2.24, 2.45) is 0 Å². The lowest BCUT2D eigenvalue weighted by Gasteiger charge is -2.27. The summed E-state index contributed by atoms with van der Waals surface area (Å²) >= 11 is 0. The van der Waals surface area contributed by atoms with Crippen LogP contribution in [0.5, 0.6) is 11.5 Å². The minimum Gasteiger partial charge on any atom is -0.490 e. The maximum atomic E-state index is 11.0. The van der Waals surface area contributed by atoms with Gasteiger partial charge in [0.1, 0.15) is 0 Å². The second-order valence-electron chi connectivity index (χ2n) is 4.72. The Morgan fingerprint density at radius 3 is 2.55 bits per heavy atom. The van der Waals surface area contributed by atoms with Crippen molar-refractivity contribution in [2.75, 3.05) is 19.8 Å². The van der Waals surface area contributed by atoms with Crippen molar-refractivity contribution < 1.29 is 19.4 Å². The van der Waals surface area contributed by atoms with Gasteiger partial charge in [0, 0.05) is 6.04 Å². The lowest BCUT2D eigenvalue weighted by atomic mass is 9.92. The largest absolute Gasteiger partial charge is 0.490 e. The van der Waals surface area contributed by atoms with Gasteiger partial charge in [-0.1, -0.05) is 0 Å². The first kappa shape index (κ1) is 14.7. The van der Waals surface area contributed by atoms with Gasteiger partial charge in [0.05, 0.1) is 19.6 Å². The molecule has 0 aliphatic carbocycles. The van der Waals surface area contributed by atoms with Gasteiger partial charge in [-0.3, -0.25) is 4.79 Å². The Labute approximate surface area is 118 Å². The second-order valence-corrected chi connectivity index (χ2v) is 4.72. The highest BCUT2D eigenvalue weighted by Gasteiger charge is 2.24. The molecule has 0 fully saturated rings. The van der Waals surface area contributed by atoms with Gasteiger partial charge >= 0.3 is 5.97 Å². The van der Waals surface area contributed by atoms with E-state index in [1.807, 2.05) is 26.0 Å². The van der Waals surface area contributed by atoms with E-state index in [0.717, 1.165) is 29.8 Å². The van der Waals surface area contributed by atoms with Crippen molar-refractivity contribution in [2.45, 2.75) is 32.7 Å². The molecule has 2 rings (SSSR count). The van der Waals surface area contributed by atoms with Crippen molar-refractivity contribution in [3.05, 3.63) is 23.3 Å². The van der Waals surface area contributed by atoms with Crippen LogP contribution in [0, 0.1) is 0 Å². The van der Waals surface area contributed by atoms with Crippen molar-refractivity contribution in [1.82, 2.24) is 5.32 Å². The monoisotopic (exact) mass is 279 g/mol. The zero-order valence-electron chi connectivity index (χ0n) is 11.9. The van der Waals surface area contributed by atoms with Crippen LogP contribution < -0.4 is 14.8 Å². The van der Waals surface area contributed by atoms with E-state index in [2.05, 4.69) is 5.32 Å². The Morgan fingerprint density at radius 2 is 1.95 bits per heavy atom. The molecule has 1 aliphatic rings. The average molecular weight is 279 g/mol. The molecule has 1 heterocycles. The summed E-state index contributed by atoms with van der Waals surface area (Å²) in [5.74, 6) is 0.624. The lowest BCUT2D eigenvalue weighted by Crippen LogP contribution is -2.31. The number of ether oxygens (including phenoxy) is 2. The smallest absolute Gasteiger partial charge is 0.305 e. The van der Waals surface area contributed by atoms with Gasteiger partial charge in [0.25, 0.3) is 0 Å². The standard InChI is InChI=1S/C15H21NO4/c1-3-19-13-7-10-5-6-16-12(9-15(17)18)11(10)8-14(13)20-4-2/h7-8,12,16H,3-6,9H2,1-2H3,(H,17,18). The molecule has 110 valence electrons. The summed E-state index contributed by atoms with van der Waals surface area (Å²) in [4.78, 5) is 11.0. The maximum Gasteiger partial charge on any atom is 0.305 e. The first-order valence-electron chi connectivity index (χ1n) is 7.03. The fourth-order valence-corrected chi connectivity index (χ4v) is 2.54. The molecule has 0 saturated heterocycles. The number of hydrogen-bond donors (Lipinski definition) is 2. The number of carboxylic acid groups (broad SMARTS) is 1. The minimum atomic E-state index is -0.804. The summed E-state index contributed by atoms with van der Waals surface area (Å²) < 4.78 is 11.2. The minimum absolute atomic E-state index is 0.0759. The molecule has 0 spiro atoms. The van der Waals surface area contributed by atoms with Crippen LogP contribution in [0.25, 0.3) is 0 Å². The number of carbonyl (C=O) groups is 1. The van der Waals surface area contributed by atoms with Crippen LogP contribution in [0.1, 0.15) is 37.4 Å². The summed E-state index contributed by atoms with van der Waals surface area (Å²) in [6.45, 7) is 5.77. The third kappa shape index (κ3) is 3.22. The molecule has 5 heteroatoms. The van der Waals surface area contributed by atoms with E-state index >= 15 is 0 Å². The van der Waals surface area contributed by atoms with Gasteiger partial charge in [0.15, 0.2) is 11.5 Å². The summed E-state index contributed by atoms with van der Waals surface area (Å²) in [5, 5.41) is 12.3. The van der Waals surface area contributed by atoms with E-state index in [1.54, 1.807) is 0 Å². The molecule has 2 N–H and O–H groups in total. The van der Waals surface area contributed by atoms with E-state index in [0.29, 0.717) is 19.0 Å². The van der Waals surface area contributed by atoms with Crippen LogP contribution in [0.3, 0.4) is 0 Å². The highest BCUT2D eigenvalue weighted by atomic mass is 16.5. The molecule has 1 atom stereocenters. The summed E-state index contributed by atoms with van der Waals surface area (Å²) in [5.41, 5.74) is 2.15. The number of aliphatic carboxylic acids is 1. The van der Waals surface area contributed by atoms with Crippen LogP contribution in [0.2, 0.25) is 0 Å². The van der Waals surface area contributed by atoms with Crippen LogP contribution in [0.4, 0.5) is 0 Å². The third-order valence-corrected chi connectivity index (χ3v) is 3.34. The Kier molecular flexibility index (Phi) is 4.84. The highest BCUT2D eigenvalue weighted by molar-refractivity contribution is 5.68. The molecule has 1 unspecified atom stereocenters. The molecule has 1 aliphatic heterocycles. The van der Waals surface area contributed by atoms with Gasteiger partial charge in [-0.05, 0) is 50.1 Å². The van der Waals surface area contributed by atoms with E-state index in [9.17, 15) is 4.79 Å². The Hall–Kier alpha value is -1.75. The fraction of sp³-hybridized carbons (Fsp3) is 0.533. The lowest BCUT2D eigenvalue weighted by molar-refractivity contribution is -0.137. The predicted octanol–water partition coefficient (Wildman–Crippen LogP) is 2.15. The molecule has 20 heavy (non-hydrogen) atoms. The topological polar surface area (TPSA) is 67.8 Å². The van der Waals surface area contributed by atoms with Crippen molar-refractivity contribution in [3.8, 4) is 11.5 Å². The van der Waals surface area contributed by atoms with Gasteiger partial charge in [0.2, 0.25) is 0 Å². The molecule has 0 bridgehead atoms. The van der Waals surface area contributed by atoms with Crippen molar-refractivity contribution in [3.63, 3.8) is 0 Å². The van der Waals surface area contributed by atoms with E-state index < -0.39 is 5.97 Å². The number of carboxylic acids is 1. The van der Waals surface area contributed by atoms with Crippen LogP contribution in [-0.2, 0) is 11.2 Å². The molecular formula is C15H21NO4. The normalized spacial score (nSPS) is 17.4. The van der Waals surface area contributed by atoms with E-state index in [1.165, 1.54) is 0 Å². The average Bonchev–Trinajstić information content (AvgIpc) is 2.40. The molecule has 0 radical (unpaired) electrons. The Morgan fingerprint density at radius 1 is 1.30 bits per heavy atom. The second kappa shape index (κ2) is 6.61. The molecule has 0 amide bonds. The van der Waals surface area contributed by atoms with Crippen LogP contribution >= 0.6 is 0 Å². The molecule has 1 aromatic rings. The fourth-order valence-electron chi connectivity index (χ4n) is 2.54. The summed E-state index contributed by atoms with van der Waals surface area (Å²) in [7, 11) is 0. The SMILES string of the molecule is CCOc1cc2c(cc1OCC)C(CC(=O)O)NCC2. The number of hydrogen-bond acceptors (Lipinski definition) is 4. The summed E-state index contributed by atoms with van der Waals surface area (Å²) in [6, 6.07) is 3.74. The number of fused-ring (bicyclic) bond motifs is 1. The maximum absolute atomic E-state index is 11.0. The third-order valence-electron chi connectivity index (χ3n) is 3.34. The predicted molar refractivity (Wildman–Crippen MR) is 75.5 cm³/mol. The molecule has 0 saturated carbocycles. The molecule has 5 nitrogen and oxygen atoms in total. The number of benzene rings is 1. The molecule has 0 aromatic heterocycles. The van der Waals surface area contributed by atoms with Gasteiger partial charge in [-0.15, -0.1) is 0 Å². The first-order valence-corrected chi connectivity index (χ1v) is 7.03. The molecular weight excluding hydrogens is 258 g/mol. The van der Waals surface area contributed by atoms with Crippen LogP contribution in [-0.4, -0.2) is 30.8 Å². The van der Waals surface area contributed by atoms with Gasteiger partial charge in [-0.2, -0.15) is 0 Å². The highest BCUT2D eigenvalue weighted by Crippen LogP contribution is 2.36. The Balaban J connectivity index is 2.37. The zero-order valence-corrected chi connectivity index (χ0v) is 11.9. The first-order chi connectivity index (χ1) is 9.65. The van der Waals surface area contributed by atoms with Crippen molar-refractivity contribution >= 4 is 5.97 Å². The number of nitrogens with one attached hydrogen (secondary N) is 1. The van der Waals surface area contributed by atoms with Gasteiger partial charge in [-0.25, -0.2) is 0 Å².